The van der Waals surface area contributed by atoms with Crippen LogP contribution in [0.15, 0.2) is 36.5 Å². The third-order valence-corrected chi connectivity index (χ3v) is 3.65. The normalized spacial score (nSPS) is 10.2. The zero-order valence-electron chi connectivity index (χ0n) is 12.1. The molecule has 5 heteroatoms. The van der Waals surface area contributed by atoms with Gasteiger partial charge < -0.3 is 14.2 Å². The third-order valence-electron chi connectivity index (χ3n) is 3.01. The predicted molar refractivity (Wildman–Crippen MR) is 85.6 cm³/mol. The van der Waals surface area contributed by atoms with E-state index in [4.69, 9.17) is 14.2 Å². The van der Waals surface area contributed by atoms with Crippen molar-refractivity contribution in [2.75, 3.05) is 20.8 Å². The van der Waals surface area contributed by atoms with E-state index in [2.05, 4.69) is 20.9 Å². The molecule has 0 saturated heterocycles. The smallest absolute Gasteiger partial charge is 0.203 e. The summed E-state index contributed by atoms with van der Waals surface area (Å²) in [4.78, 5) is 4.27. The van der Waals surface area contributed by atoms with Gasteiger partial charge in [-0.1, -0.05) is 22.0 Å². The summed E-state index contributed by atoms with van der Waals surface area (Å²) in [6, 6.07) is 9.72. The number of pyridine rings is 1. The molecule has 1 aromatic carbocycles. The van der Waals surface area contributed by atoms with Crippen LogP contribution in [0.1, 0.15) is 11.3 Å². The van der Waals surface area contributed by atoms with Gasteiger partial charge in [0.1, 0.15) is 0 Å². The van der Waals surface area contributed by atoms with Crippen molar-refractivity contribution in [3.8, 4) is 17.2 Å². The Labute approximate surface area is 133 Å². The highest BCUT2D eigenvalue weighted by atomic mass is 79.9. The van der Waals surface area contributed by atoms with Gasteiger partial charge in [0.2, 0.25) is 5.75 Å². The van der Waals surface area contributed by atoms with E-state index in [9.17, 15) is 0 Å². The summed E-state index contributed by atoms with van der Waals surface area (Å²) in [6.07, 6.45) is 2.51. The molecule has 0 atom stereocenters. The first kappa shape index (κ1) is 15.6. The summed E-state index contributed by atoms with van der Waals surface area (Å²) in [6.45, 7) is 0.511. The number of rotatable bonds is 7. The quantitative estimate of drug-likeness (QED) is 0.714. The lowest BCUT2D eigenvalue weighted by Gasteiger charge is -2.15. The van der Waals surface area contributed by atoms with Crippen molar-refractivity contribution < 1.29 is 14.2 Å². The standard InChI is InChI=1S/C16H18BrNO3/c1-19-14-9-12(11-17)10-15(20-2)16(14)21-8-6-13-5-3-4-7-18-13/h3-5,7,9-10H,6,8,11H2,1-2H3. The van der Waals surface area contributed by atoms with Gasteiger partial charge in [-0.3, -0.25) is 4.98 Å². The first-order chi connectivity index (χ1) is 10.3. The fraction of sp³-hybridized carbons (Fsp3) is 0.312. The van der Waals surface area contributed by atoms with Gasteiger partial charge in [0.05, 0.1) is 20.8 Å². The second-order valence-electron chi connectivity index (χ2n) is 4.38. The van der Waals surface area contributed by atoms with Gasteiger partial charge in [0.15, 0.2) is 11.5 Å². The van der Waals surface area contributed by atoms with E-state index in [1.807, 2.05) is 30.3 Å². The average Bonchev–Trinajstić information content (AvgIpc) is 2.55. The van der Waals surface area contributed by atoms with Crippen LogP contribution in [0.25, 0.3) is 0 Å². The number of halogens is 1. The second-order valence-corrected chi connectivity index (χ2v) is 4.94. The van der Waals surface area contributed by atoms with Crippen molar-refractivity contribution in [3.63, 3.8) is 0 Å². The lowest BCUT2D eigenvalue weighted by Crippen LogP contribution is -2.05. The van der Waals surface area contributed by atoms with Crippen LogP contribution in [0, 0.1) is 0 Å². The number of aromatic nitrogens is 1. The van der Waals surface area contributed by atoms with Gasteiger partial charge in [-0.15, -0.1) is 0 Å². The molecule has 0 aliphatic rings. The van der Waals surface area contributed by atoms with Crippen LogP contribution in [-0.4, -0.2) is 25.8 Å². The molecule has 0 aliphatic heterocycles. The van der Waals surface area contributed by atoms with E-state index in [0.29, 0.717) is 23.9 Å². The summed E-state index contributed by atoms with van der Waals surface area (Å²) in [5.41, 5.74) is 2.06. The Morgan fingerprint density at radius 3 is 2.33 bits per heavy atom. The molecule has 1 heterocycles. The van der Waals surface area contributed by atoms with Crippen molar-refractivity contribution in [2.45, 2.75) is 11.8 Å². The lowest BCUT2D eigenvalue weighted by molar-refractivity contribution is 0.276. The van der Waals surface area contributed by atoms with Crippen LogP contribution in [0.2, 0.25) is 0 Å². The summed E-state index contributed by atoms with van der Waals surface area (Å²) in [5.74, 6) is 1.97. The molecule has 4 nitrogen and oxygen atoms in total. The van der Waals surface area contributed by atoms with E-state index in [1.165, 1.54) is 0 Å². The van der Waals surface area contributed by atoms with E-state index < -0.39 is 0 Å². The van der Waals surface area contributed by atoms with Crippen molar-refractivity contribution in [1.82, 2.24) is 4.98 Å². The van der Waals surface area contributed by atoms with E-state index >= 15 is 0 Å². The average molecular weight is 352 g/mol. The van der Waals surface area contributed by atoms with Crippen molar-refractivity contribution in [1.29, 1.82) is 0 Å². The minimum absolute atomic E-state index is 0.511. The van der Waals surface area contributed by atoms with Crippen LogP contribution in [-0.2, 0) is 11.8 Å². The van der Waals surface area contributed by atoms with Gasteiger partial charge in [0.25, 0.3) is 0 Å². The van der Waals surface area contributed by atoms with Crippen molar-refractivity contribution in [3.05, 3.63) is 47.8 Å². The Bertz CT molecular complexity index is 550. The predicted octanol–water partition coefficient (Wildman–Crippen LogP) is 3.62. The van der Waals surface area contributed by atoms with E-state index in [-0.39, 0.29) is 0 Å². The Morgan fingerprint density at radius 1 is 1.10 bits per heavy atom. The Kier molecular flexibility index (Phi) is 5.87. The highest BCUT2D eigenvalue weighted by Crippen LogP contribution is 2.39. The molecule has 1 aromatic heterocycles. The third kappa shape index (κ3) is 4.11. The van der Waals surface area contributed by atoms with Crippen molar-refractivity contribution >= 4 is 15.9 Å². The van der Waals surface area contributed by atoms with Gasteiger partial charge >= 0.3 is 0 Å². The molecule has 0 unspecified atom stereocenters. The molecule has 112 valence electrons. The fourth-order valence-corrected chi connectivity index (χ4v) is 2.28. The minimum atomic E-state index is 0.511. The first-order valence-electron chi connectivity index (χ1n) is 6.62. The molecule has 0 fully saturated rings. The molecule has 2 rings (SSSR count). The van der Waals surface area contributed by atoms with E-state index in [0.717, 1.165) is 23.0 Å². The lowest BCUT2D eigenvalue weighted by atomic mass is 10.2. The van der Waals surface area contributed by atoms with Crippen LogP contribution in [0.5, 0.6) is 17.2 Å². The zero-order valence-corrected chi connectivity index (χ0v) is 13.7. The van der Waals surface area contributed by atoms with Gasteiger partial charge in [-0.25, -0.2) is 0 Å². The molecule has 0 saturated carbocycles. The number of nitrogens with zero attached hydrogens (tertiary/aromatic N) is 1. The number of hydrogen-bond donors (Lipinski definition) is 0. The van der Waals surface area contributed by atoms with Crippen LogP contribution in [0.3, 0.4) is 0 Å². The number of hydrogen-bond acceptors (Lipinski definition) is 4. The summed E-state index contributed by atoms with van der Waals surface area (Å²) >= 11 is 3.43. The Morgan fingerprint density at radius 2 is 1.81 bits per heavy atom. The van der Waals surface area contributed by atoms with Gasteiger partial charge in [0, 0.05) is 23.6 Å². The minimum Gasteiger partial charge on any atom is -0.493 e. The number of benzene rings is 1. The topological polar surface area (TPSA) is 40.6 Å². The van der Waals surface area contributed by atoms with Gasteiger partial charge in [-0.05, 0) is 29.8 Å². The van der Waals surface area contributed by atoms with E-state index in [1.54, 1.807) is 20.4 Å². The maximum atomic E-state index is 5.85. The largest absolute Gasteiger partial charge is 0.493 e. The van der Waals surface area contributed by atoms with Crippen molar-refractivity contribution in [2.24, 2.45) is 0 Å². The molecule has 0 spiro atoms. The molecule has 0 N–H and O–H groups in total. The molecular formula is C16H18BrNO3. The highest BCUT2D eigenvalue weighted by molar-refractivity contribution is 9.08. The number of ether oxygens (including phenoxy) is 3. The second kappa shape index (κ2) is 7.88. The number of methoxy groups -OCH3 is 2. The zero-order chi connectivity index (χ0) is 15.1. The highest BCUT2D eigenvalue weighted by Gasteiger charge is 2.14. The monoisotopic (exact) mass is 351 g/mol. The molecule has 0 aliphatic carbocycles. The first-order valence-corrected chi connectivity index (χ1v) is 7.74. The maximum Gasteiger partial charge on any atom is 0.203 e. The maximum absolute atomic E-state index is 5.85. The molecule has 0 bridgehead atoms. The Hall–Kier alpha value is -1.75. The van der Waals surface area contributed by atoms with Crippen LogP contribution >= 0.6 is 15.9 Å². The van der Waals surface area contributed by atoms with Crippen LogP contribution in [0.4, 0.5) is 0 Å². The molecule has 0 radical (unpaired) electrons. The Balaban J connectivity index is 2.11. The molecule has 21 heavy (non-hydrogen) atoms. The van der Waals surface area contributed by atoms with Gasteiger partial charge in [-0.2, -0.15) is 0 Å². The fourth-order valence-electron chi connectivity index (χ4n) is 1.96. The number of alkyl halides is 1. The summed E-state index contributed by atoms with van der Waals surface area (Å²) in [5, 5.41) is 0.730. The van der Waals surface area contributed by atoms with Crippen LogP contribution < -0.4 is 14.2 Å². The molecular weight excluding hydrogens is 334 g/mol. The SMILES string of the molecule is COc1cc(CBr)cc(OC)c1OCCc1ccccn1. The summed E-state index contributed by atoms with van der Waals surface area (Å²) in [7, 11) is 3.25. The molecule has 0 amide bonds. The summed E-state index contributed by atoms with van der Waals surface area (Å²) < 4.78 is 16.6. The molecule has 2 aromatic rings.